The van der Waals surface area contributed by atoms with E-state index in [9.17, 15) is 4.79 Å². The number of hydrogen-bond acceptors (Lipinski definition) is 3. The van der Waals surface area contributed by atoms with Crippen molar-refractivity contribution in [2.45, 2.75) is 19.9 Å². The number of ether oxygens (including phenoxy) is 2. The molecule has 0 saturated carbocycles. The van der Waals surface area contributed by atoms with Crippen molar-refractivity contribution < 1.29 is 14.3 Å². The fraction of sp³-hybridized carbons (Fsp3) is 0.353. The van der Waals surface area contributed by atoms with Crippen LogP contribution in [0.2, 0.25) is 0 Å². The van der Waals surface area contributed by atoms with Gasteiger partial charge in [-0.15, -0.1) is 0 Å². The molecule has 2 aromatic carbocycles. The van der Waals surface area contributed by atoms with E-state index < -0.39 is 0 Å². The van der Waals surface area contributed by atoms with Gasteiger partial charge in [-0.3, -0.25) is 0 Å². The van der Waals surface area contributed by atoms with Crippen LogP contribution in [0.3, 0.4) is 0 Å². The first-order valence-corrected chi connectivity index (χ1v) is 7.02. The van der Waals surface area contributed by atoms with Crippen molar-refractivity contribution in [3.63, 3.8) is 0 Å². The zero-order valence-electron chi connectivity index (χ0n) is 12.5. The maximum atomic E-state index is 11.7. The lowest BCUT2D eigenvalue weighted by Gasteiger charge is -2.39. The number of alkyl carbamates (subject to hydrolysis) is 1. The van der Waals surface area contributed by atoms with Crippen LogP contribution in [0.25, 0.3) is 10.8 Å². The summed E-state index contributed by atoms with van der Waals surface area (Å²) in [5.41, 5.74) is 0.794. The molecular weight excluding hydrogens is 266 g/mol. The predicted octanol–water partition coefficient (Wildman–Crippen LogP) is 3.66. The molecule has 21 heavy (non-hydrogen) atoms. The molecule has 0 aromatic heterocycles. The van der Waals surface area contributed by atoms with E-state index in [4.69, 9.17) is 9.47 Å². The summed E-state index contributed by atoms with van der Waals surface area (Å²) >= 11 is 0. The molecule has 1 fully saturated rings. The summed E-state index contributed by atoms with van der Waals surface area (Å²) < 4.78 is 10.7. The predicted molar refractivity (Wildman–Crippen MR) is 81.5 cm³/mol. The fourth-order valence-corrected chi connectivity index (χ4v) is 2.90. The Morgan fingerprint density at radius 2 is 2.00 bits per heavy atom. The average molecular weight is 285 g/mol. The lowest BCUT2D eigenvalue weighted by atomic mass is 9.78. The molecule has 0 unspecified atom stereocenters. The van der Waals surface area contributed by atoms with Gasteiger partial charge in [-0.05, 0) is 16.8 Å². The van der Waals surface area contributed by atoms with Crippen molar-refractivity contribution >= 4 is 16.9 Å². The van der Waals surface area contributed by atoms with Gasteiger partial charge >= 0.3 is 6.09 Å². The molecule has 1 aliphatic rings. The van der Waals surface area contributed by atoms with Crippen LogP contribution in [0.4, 0.5) is 4.79 Å². The number of nitrogens with one attached hydrogen (secondary N) is 1. The lowest BCUT2D eigenvalue weighted by molar-refractivity contribution is 0.0385. The van der Waals surface area contributed by atoms with Crippen LogP contribution in [-0.2, 0) is 4.74 Å². The number of amides is 1. The third kappa shape index (κ3) is 2.31. The van der Waals surface area contributed by atoms with Gasteiger partial charge in [-0.1, -0.05) is 44.2 Å². The number of carbonyl (C=O) groups excluding carboxylic acids is 1. The van der Waals surface area contributed by atoms with Gasteiger partial charge in [0.2, 0.25) is 0 Å². The van der Waals surface area contributed by atoms with Gasteiger partial charge < -0.3 is 14.8 Å². The van der Waals surface area contributed by atoms with Crippen molar-refractivity contribution in [3.8, 4) is 5.75 Å². The minimum Gasteiger partial charge on any atom is -0.496 e. The van der Waals surface area contributed by atoms with Crippen molar-refractivity contribution in [2.24, 2.45) is 5.41 Å². The third-order valence-electron chi connectivity index (χ3n) is 4.06. The van der Waals surface area contributed by atoms with Gasteiger partial charge in [0.25, 0.3) is 0 Å². The second-order valence-corrected chi connectivity index (χ2v) is 6.04. The van der Waals surface area contributed by atoms with Crippen LogP contribution in [-0.4, -0.2) is 19.8 Å². The molecule has 1 atom stereocenters. The van der Waals surface area contributed by atoms with Gasteiger partial charge in [-0.25, -0.2) is 4.79 Å². The zero-order chi connectivity index (χ0) is 15.0. The van der Waals surface area contributed by atoms with E-state index >= 15 is 0 Å². The van der Waals surface area contributed by atoms with E-state index in [0.717, 1.165) is 22.1 Å². The molecule has 2 aromatic rings. The van der Waals surface area contributed by atoms with Crippen LogP contribution in [0, 0.1) is 5.41 Å². The summed E-state index contributed by atoms with van der Waals surface area (Å²) in [6, 6.07) is 12.0. The number of benzene rings is 2. The summed E-state index contributed by atoms with van der Waals surface area (Å²) in [7, 11) is 1.65. The van der Waals surface area contributed by atoms with E-state index in [1.807, 2.05) is 24.3 Å². The molecule has 1 aliphatic heterocycles. The van der Waals surface area contributed by atoms with Gasteiger partial charge in [0, 0.05) is 11.0 Å². The smallest absolute Gasteiger partial charge is 0.407 e. The van der Waals surface area contributed by atoms with Crippen molar-refractivity contribution in [3.05, 3.63) is 42.0 Å². The highest BCUT2D eigenvalue weighted by molar-refractivity contribution is 5.89. The van der Waals surface area contributed by atoms with E-state index in [1.54, 1.807) is 7.11 Å². The number of carbonyl (C=O) groups is 1. The quantitative estimate of drug-likeness (QED) is 0.916. The number of fused-ring (bicyclic) bond motifs is 1. The third-order valence-corrected chi connectivity index (χ3v) is 4.06. The molecule has 0 bridgehead atoms. The molecule has 0 radical (unpaired) electrons. The molecule has 110 valence electrons. The molecule has 3 rings (SSSR count). The molecule has 1 amide bonds. The van der Waals surface area contributed by atoms with Crippen LogP contribution < -0.4 is 10.1 Å². The summed E-state index contributed by atoms with van der Waals surface area (Å²) in [6.45, 7) is 4.55. The van der Waals surface area contributed by atoms with Gasteiger partial charge in [-0.2, -0.15) is 0 Å². The van der Waals surface area contributed by atoms with Gasteiger partial charge in [0.15, 0.2) is 0 Å². The topological polar surface area (TPSA) is 47.6 Å². The Kier molecular flexibility index (Phi) is 3.24. The molecule has 4 nitrogen and oxygen atoms in total. The largest absolute Gasteiger partial charge is 0.496 e. The van der Waals surface area contributed by atoms with Crippen molar-refractivity contribution in [1.82, 2.24) is 5.32 Å². The number of rotatable bonds is 2. The van der Waals surface area contributed by atoms with Crippen LogP contribution >= 0.6 is 0 Å². The summed E-state index contributed by atoms with van der Waals surface area (Å²) in [4.78, 5) is 11.7. The van der Waals surface area contributed by atoms with Gasteiger partial charge in [0.1, 0.15) is 12.4 Å². The van der Waals surface area contributed by atoms with E-state index in [0.29, 0.717) is 6.61 Å². The van der Waals surface area contributed by atoms with Crippen molar-refractivity contribution in [1.29, 1.82) is 0 Å². The van der Waals surface area contributed by atoms with Crippen LogP contribution in [0.1, 0.15) is 25.5 Å². The Labute approximate surface area is 124 Å². The number of methoxy groups -OCH3 is 1. The summed E-state index contributed by atoms with van der Waals surface area (Å²) in [5, 5.41) is 5.17. The fourth-order valence-electron chi connectivity index (χ4n) is 2.90. The Hall–Kier alpha value is -2.23. The maximum Gasteiger partial charge on any atom is 0.407 e. The van der Waals surface area contributed by atoms with E-state index in [2.05, 4.69) is 31.3 Å². The summed E-state index contributed by atoms with van der Waals surface area (Å²) in [6.07, 6.45) is -0.380. The second-order valence-electron chi connectivity index (χ2n) is 6.04. The van der Waals surface area contributed by atoms with Crippen molar-refractivity contribution in [2.75, 3.05) is 13.7 Å². The van der Waals surface area contributed by atoms with Crippen LogP contribution in [0.5, 0.6) is 5.75 Å². The Bertz CT molecular complexity index is 693. The van der Waals surface area contributed by atoms with Gasteiger partial charge in [0.05, 0.1) is 13.2 Å². The van der Waals surface area contributed by atoms with E-state index in [-0.39, 0.29) is 17.6 Å². The highest BCUT2D eigenvalue weighted by atomic mass is 16.6. The zero-order valence-corrected chi connectivity index (χ0v) is 12.5. The van der Waals surface area contributed by atoms with Crippen LogP contribution in [0.15, 0.2) is 36.4 Å². The first-order chi connectivity index (χ1) is 10.0. The molecular formula is C17H19NO3. The molecule has 1 heterocycles. The molecule has 4 heteroatoms. The second kappa shape index (κ2) is 4.95. The first kappa shape index (κ1) is 13.7. The first-order valence-electron chi connectivity index (χ1n) is 7.02. The molecule has 0 spiro atoms. The Morgan fingerprint density at radius 3 is 2.76 bits per heavy atom. The Balaban J connectivity index is 2.24. The molecule has 1 N–H and O–H groups in total. The monoisotopic (exact) mass is 285 g/mol. The molecule has 0 aliphatic carbocycles. The lowest BCUT2D eigenvalue weighted by Crippen LogP contribution is -2.47. The van der Waals surface area contributed by atoms with E-state index in [1.165, 1.54) is 0 Å². The standard InChI is InChI=1S/C17H19NO3/c1-17(2)10-21-16(19)18-15(17)14-12-7-5-4-6-11(12)8-9-13(14)20-3/h4-9,15H,10H2,1-3H3,(H,18,19)/t15-/m1/s1. The number of cyclic esters (lactones) is 1. The molecule has 1 saturated heterocycles. The Morgan fingerprint density at radius 1 is 1.24 bits per heavy atom. The minimum absolute atomic E-state index is 0.153. The highest BCUT2D eigenvalue weighted by Gasteiger charge is 2.40. The number of hydrogen-bond donors (Lipinski definition) is 1. The normalized spacial score (nSPS) is 20.7. The minimum atomic E-state index is -0.380. The SMILES string of the molecule is COc1ccc2ccccc2c1[C@H]1NC(=O)OCC1(C)C. The maximum absolute atomic E-state index is 11.7. The highest BCUT2D eigenvalue weighted by Crippen LogP contribution is 2.43. The summed E-state index contributed by atoms with van der Waals surface area (Å²) in [5.74, 6) is 0.786. The average Bonchev–Trinajstić information content (AvgIpc) is 2.49.